The highest BCUT2D eigenvalue weighted by Crippen LogP contribution is 2.31. The fourth-order valence-corrected chi connectivity index (χ4v) is 3.17. The predicted molar refractivity (Wildman–Crippen MR) is 76.3 cm³/mol. The van der Waals surface area contributed by atoms with Gasteiger partial charge >= 0.3 is 0 Å². The first-order valence-corrected chi connectivity index (χ1v) is 7.00. The van der Waals surface area contributed by atoms with Gasteiger partial charge in [0.1, 0.15) is 0 Å². The molecule has 3 nitrogen and oxygen atoms in total. The third kappa shape index (κ3) is 2.13. The number of benzene rings is 1. The van der Waals surface area contributed by atoms with Gasteiger partial charge in [-0.25, -0.2) is 0 Å². The summed E-state index contributed by atoms with van der Waals surface area (Å²) in [6.45, 7) is 4.58. The number of likely N-dealkylation sites (N-methyl/N-ethyl adjacent to an activating group) is 2. The van der Waals surface area contributed by atoms with Gasteiger partial charge in [0.15, 0.2) is 0 Å². The second kappa shape index (κ2) is 4.90. The first-order valence-electron chi connectivity index (χ1n) is 7.00. The summed E-state index contributed by atoms with van der Waals surface area (Å²) in [5.74, 6) is 0. The van der Waals surface area contributed by atoms with Crippen molar-refractivity contribution in [2.24, 2.45) is 0 Å². The molecule has 0 radical (unpaired) electrons. The van der Waals surface area contributed by atoms with Crippen LogP contribution in [0.3, 0.4) is 0 Å². The Morgan fingerprint density at radius 3 is 3.00 bits per heavy atom. The Morgan fingerprint density at radius 1 is 1.22 bits per heavy atom. The molecule has 1 aromatic rings. The third-order valence-electron chi connectivity index (χ3n) is 4.35. The van der Waals surface area contributed by atoms with Gasteiger partial charge in [-0.1, -0.05) is 12.1 Å². The highest BCUT2D eigenvalue weighted by molar-refractivity contribution is 5.58. The lowest BCUT2D eigenvalue weighted by atomic mass is 10.0. The largest absolute Gasteiger partial charge is 0.374 e. The van der Waals surface area contributed by atoms with Crippen LogP contribution in [0.25, 0.3) is 0 Å². The Hall–Kier alpha value is -1.06. The molecule has 0 aliphatic carbocycles. The summed E-state index contributed by atoms with van der Waals surface area (Å²) in [5, 5.41) is 3.55. The van der Waals surface area contributed by atoms with Gasteiger partial charge in [0.05, 0.1) is 0 Å². The fraction of sp³-hybridized carbons (Fsp3) is 0.600. The van der Waals surface area contributed by atoms with Crippen LogP contribution in [0.1, 0.15) is 23.6 Å². The standard InChI is InChI=1S/C15H23N3/c1-17-8-3-7-16-11-15(17)12-4-5-14-13(10-12)6-9-18(14)2/h4-5,10,15-16H,3,6-9,11H2,1-2H3. The van der Waals surface area contributed by atoms with E-state index < -0.39 is 0 Å². The van der Waals surface area contributed by atoms with Gasteiger partial charge in [0, 0.05) is 31.9 Å². The summed E-state index contributed by atoms with van der Waals surface area (Å²) in [5.41, 5.74) is 4.41. The van der Waals surface area contributed by atoms with Crippen molar-refractivity contribution in [3.8, 4) is 0 Å². The third-order valence-corrected chi connectivity index (χ3v) is 4.35. The number of nitrogens with one attached hydrogen (secondary N) is 1. The highest BCUT2D eigenvalue weighted by atomic mass is 15.2. The van der Waals surface area contributed by atoms with Gasteiger partial charge in [-0.2, -0.15) is 0 Å². The van der Waals surface area contributed by atoms with Crippen LogP contribution in [0.15, 0.2) is 18.2 Å². The number of hydrogen-bond donors (Lipinski definition) is 1. The summed E-state index contributed by atoms with van der Waals surface area (Å²) < 4.78 is 0. The van der Waals surface area contributed by atoms with E-state index in [2.05, 4.69) is 47.4 Å². The second-order valence-corrected chi connectivity index (χ2v) is 5.61. The SMILES string of the molecule is CN1CCc2cc(C3CNCCCN3C)ccc21. The minimum Gasteiger partial charge on any atom is -0.374 e. The Morgan fingerprint density at radius 2 is 2.11 bits per heavy atom. The quantitative estimate of drug-likeness (QED) is 0.811. The van der Waals surface area contributed by atoms with Gasteiger partial charge in [0.2, 0.25) is 0 Å². The van der Waals surface area contributed by atoms with Crippen molar-refractivity contribution in [1.82, 2.24) is 10.2 Å². The maximum Gasteiger partial charge on any atom is 0.0469 e. The normalized spacial score (nSPS) is 25.0. The zero-order chi connectivity index (χ0) is 12.5. The molecule has 2 aliphatic rings. The maximum atomic E-state index is 3.55. The van der Waals surface area contributed by atoms with Crippen molar-refractivity contribution in [2.75, 3.05) is 45.2 Å². The summed E-state index contributed by atoms with van der Waals surface area (Å²) in [7, 11) is 4.43. The summed E-state index contributed by atoms with van der Waals surface area (Å²) in [4.78, 5) is 4.84. The number of nitrogens with zero attached hydrogens (tertiary/aromatic N) is 2. The maximum absolute atomic E-state index is 3.55. The smallest absolute Gasteiger partial charge is 0.0469 e. The molecular formula is C15H23N3. The molecule has 3 heteroatoms. The Kier molecular flexibility index (Phi) is 3.27. The van der Waals surface area contributed by atoms with Gasteiger partial charge < -0.3 is 10.2 Å². The molecule has 2 aliphatic heterocycles. The molecule has 1 unspecified atom stereocenters. The first kappa shape index (κ1) is 12.0. The van der Waals surface area contributed by atoms with Crippen molar-refractivity contribution < 1.29 is 0 Å². The van der Waals surface area contributed by atoms with E-state index >= 15 is 0 Å². The van der Waals surface area contributed by atoms with E-state index in [0.29, 0.717) is 6.04 Å². The monoisotopic (exact) mass is 245 g/mol. The Labute approximate surface area is 110 Å². The molecule has 1 atom stereocenters. The van der Waals surface area contributed by atoms with Crippen LogP contribution in [0.5, 0.6) is 0 Å². The number of hydrogen-bond acceptors (Lipinski definition) is 3. The van der Waals surface area contributed by atoms with Gasteiger partial charge in [-0.05, 0) is 50.2 Å². The Balaban J connectivity index is 1.87. The topological polar surface area (TPSA) is 18.5 Å². The van der Waals surface area contributed by atoms with Crippen LogP contribution in [0.2, 0.25) is 0 Å². The van der Waals surface area contributed by atoms with E-state index in [1.54, 1.807) is 0 Å². The lowest BCUT2D eigenvalue weighted by Crippen LogP contribution is -2.29. The first-order chi connectivity index (χ1) is 8.75. The molecule has 0 aromatic heterocycles. The van der Waals surface area contributed by atoms with Crippen molar-refractivity contribution in [1.29, 1.82) is 0 Å². The molecule has 0 spiro atoms. The van der Waals surface area contributed by atoms with Gasteiger partial charge in [0.25, 0.3) is 0 Å². The number of anilines is 1. The van der Waals surface area contributed by atoms with Crippen molar-refractivity contribution in [2.45, 2.75) is 18.9 Å². The molecule has 1 N–H and O–H groups in total. The number of fused-ring (bicyclic) bond motifs is 1. The minimum atomic E-state index is 0.531. The van der Waals surface area contributed by atoms with Crippen LogP contribution in [-0.4, -0.2) is 45.2 Å². The lowest BCUT2D eigenvalue weighted by molar-refractivity contribution is 0.261. The van der Waals surface area contributed by atoms with Crippen LogP contribution in [0, 0.1) is 0 Å². The predicted octanol–water partition coefficient (Wildman–Crippen LogP) is 1.65. The molecule has 1 fully saturated rings. The molecule has 0 bridgehead atoms. The van der Waals surface area contributed by atoms with Crippen molar-refractivity contribution in [3.63, 3.8) is 0 Å². The van der Waals surface area contributed by atoms with Crippen molar-refractivity contribution in [3.05, 3.63) is 29.3 Å². The second-order valence-electron chi connectivity index (χ2n) is 5.61. The van der Waals surface area contributed by atoms with Gasteiger partial charge in [-0.3, -0.25) is 4.90 Å². The summed E-state index contributed by atoms with van der Waals surface area (Å²) >= 11 is 0. The van der Waals surface area contributed by atoms with E-state index in [4.69, 9.17) is 0 Å². The van der Waals surface area contributed by atoms with E-state index in [0.717, 1.165) is 19.6 Å². The molecular weight excluding hydrogens is 222 g/mol. The van der Waals surface area contributed by atoms with E-state index in [-0.39, 0.29) is 0 Å². The molecule has 3 rings (SSSR count). The average molecular weight is 245 g/mol. The van der Waals surface area contributed by atoms with Crippen LogP contribution in [-0.2, 0) is 6.42 Å². The molecule has 1 saturated heterocycles. The molecule has 2 heterocycles. The molecule has 18 heavy (non-hydrogen) atoms. The average Bonchev–Trinajstić information content (AvgIpc) is 2.61. The van der Waals surface area contributed by atoms with Crippen LogP contribution >= 0.6 is 0 Å². The Bertz CT molecular complexity index is 430. The van der Waals surface area contributed by atoms with Crippen LogP contribution in [0.4, 0.5) is 5.69 Å². The van der Waals surface area contributed by atoms with E-state index in [9.17, 15) is 0 Å². The zero-order valence-electron chi connectivity index (χ0n) is 11.4. The van der Waals surface area contributed by atoms with Crippen molar-refractivity contribution >= 4 is 5.69 Å². The zero-order valence-corrected chi connectivity index (χ0v) is 11.4. The molecule has 98 valence electrons. The summed E-state index contributed by atoms with van der Waals surface area (Å²) in [6, 6.07) is 7.57. The molecule has 0 amide bonds. The highest BCUT2D eigenvalue weighted by Gasteiger charge is 2.22. The molecule has 0 saturated carbocycles. The van der Waals surface area contributed by atoms with E-state index in [1.807, 2.05) is 0 Å². The minimum absolute atomic E-state index is 0.531. The molecule has 1 aromatic carbocycles. The summed E-state index contributed by atoms with van der Waals surface area (Å²) in [6.07, 6.45) is 2.45. The lowest BCUT2D eigenvalue weighted by Gasteiger charge is -2.26. The fourth-order valence-electron chi connectivity index (χ4n) is 3.17. The number of rotatable bonds is 1. The van der Waals surface area contributed by atoms with E-state index in [1.165, 1.54) is 36.2 Å². The van der Waals surface area contributed by atoms with Gasteiger partial charge in [-0.15, -0.1) is 0 Å². The van der Waals surface area contributed by atoms with Crippen LogP contribution < -0.4 is 10.2 Å².